The first kappa shape index (κ1) is 14.6. The Morgan fingerprint density at radius 1 is 1.14 bits per heavy atom. The molecule has 2 heterocycles. The van der Waals surface area contributed by atoms with Crippen molar-refractivity contribution in [2.75, 3.05) is 13.1 Å². The van der Waals surface area contributed by atoms with Crippen molar-refractivity contribution in [2.45, 2.75) is 58.4 Å². The minimum absolute atomic E-state index is 0.445. The number of aromatic nitrogens is 2. The predicted molar refractivity (Wildman–Crippen MR) is 88.5 cm³/mol. The summed E-state index contributed by atoms with van der Waals surface area (Å²) >= 11 is 0. The Hall–Kier alpha value is -1.35. The van der Waals surface area contributed by atoms with Crippen LogP contribution in [0.4, 0.5) is 0 Å². The highest BCUT2D eigenvalue weighted by molar-refractivity contribution is 5.76. The van der Waals surface area contributed by atoms with Gasteiger partial charge < -0.3 is 4.98 Å². The monoisotopic (exact) mass is 285 g/mol. The van der Waals surface area contributed by atoms with Crippen LogP contribution in [0.3, 0.4) is 0 Å². The number of benzene rings is 1. The number of hydrogen-bond donors (Lipinski definition) is 1. The second-order valence-electron chi connectivity index (χ2n) is 6.20. The van der Waals surface area contributed by atoms with Crippen LogP contribution in [0.2, 0.25) is 0 Å². The molecule has 0 saturated carbocycles. The van der Waals surface area contributed by atoms with Gasteiger partial charge in [0.1, 0.15) is 5.82 Å². The SMILES string of the molecule is CCc1ccc2nc(C(CC)N3CCCCCC3)[nH]c2c1. The maximum Gasteiger partial charge on any atom is 0.124 e. The average molecular weight is 285 g/mol. The van der Waals surface area contributed by atoms with Crippen LogP contribution in [-0.4, -0.2) is 28.0 Å². The van der Waals surface area contributed by atoms with Crippen LogP contribution >= 0.6 is 0 Å². The second kappa shape index (κ2) is 6.61. The molecule has 1 aliphatic rings. The van der Waals surface area contributed by atoms with E-state index in [0.717, 1.165) is 24.2 Å². The summed E-state index contributed by atoms with van der Waals surface area (Å²) in [6, 6.07) is 7.05. The van der Waals surface area contributed by atoms with E-state index >= 15 is 0 Å². The number of likely N-dealkylation sites (tertiary alicyclic amines) is 1. The summed E-state index contributed by atoms with van der Waals surface area (Å²) in [5, 5.41) is 0. The number of nitrogens with zero attached hydrogens (tertiary/aromatic N) is 2. The van der Waals surface area contributed by atoms with Crippen LogP contribution in [0.25, 0.3) is 11.0 Å². The van der Waals surface area contributed by atoms with Crippen molar-refractivity contribution in [1.29, 1.82) is 0 Å². The Kier molecular flexibility index (Phi) is 4.59. The van der Waals surface area contributed by atoms with Crippen LogP contribution in [0, 0.1) is 0 Å². The first-order chi connectivity index (χ1) is 10.3. The molecular weight excluding hydrogens is 258 g/mol. The number of H-pyrrole nitrogens is 1. The molecule has 1 fully saturated rings. The Morgan fingerprint density at radius 3 is 2.57 bits per heavy atom. The molecule has 0 amide bonds. The maximum atomic E-state index is 4.87. The molecule has 1 atom stereocenters. The molecule has 3 rings (SSSR count). The lowest BCUT2D eigenvalue weighted by atomic mass is 10.1. The van der Waals surface area contributed by atoms with Gasteiger partial charge in [-0.05, 0) is 56.5 Å². The number of aromatic amines is 1. The smallest absolute Gasteiger partial charge is 0.124 e. The van der Waals surface area contributed by atoms with Crippen molar-refractivity contribution >= 4 is 11.0 Å². The van der Waals surface area contributed by atoms with Gasteiger partial charge in [-0.2, -0.15) is 0 Å². The van der Waals surface area contributed by atoms with E-state index in [4.69, 9.17) is 4.98 Å². The van der Waals surface area contributed by atoms with Crippen molar-refractivity contribution in [3.63, 3.8) is 0 Å². The highest BCUT2D eigenvalue weighted by Gasteiger charge is 2.22. The van der Waals surface area contributed by atoms with E-state index in [1.54, 1.807) is 0 Å². The molecule has 0 bridgehead atoms. The van der Waals surface area contributed by atoms with Gasteiger partial charge in [-0.15, -0.1) is 0 Å². The number of imidazole rings is 1. The lowest BCUT2D eigenvalue weighted by molar-refractivity contribution is 0.193. The molecule has 3 heteroatoms. The average Bonchev–Trinajstić information content (AvgIpc) is 2.73. The molecule has 114 valence electrons. The molecule has 1 aromatic carbocycles. The minimum Gasteiger partial charge on any atom is -0.341 e. The van der Waals surface area contributed by atoms with E-state index in [1.165, 1.54) is 49.9 Å². The van der Waals surface area contributed by atoms with Crippen molar-refractivity contribution in [3.8, 4) is 0 Å². The molecule has 1 saturated heterocycles. The van der Waals surface area contributed by atoms with Gasteiger partial charge in [-0.3, -0.25) is 4.90 Å². The number of nitrogens with one attached hydrogen (secondary N) is 1. The zero-order chi connectivity index (χ0) is 14.7. The fraction of sp³-hybridized carbons (Fsp3) is 0.611. The summed E-state index contributed by atoms with van der Waals surface area (Å²) in [5.74, 6) is 1.16. The normalized spacial score (nSPS) is 18.8. The van der Waals surface area contributed by atoms with E-state index in [0.29, 0.717) is 6.04 Å². The molecule has 1 N–H and O–H groups in total. The third kappa shape index (κ3) is 3.13. The van der Waals surface area contributed by atoms with Crippen molar-refractivity contribution in [2.24, 2.45) is 0 Å². The molecule has 1 aromatic heterocycles. The molecule has 0 spiro atoms. The third-order valence-electron chi connectivity index (χ3n) is 4.76. The largest absolute Gasteiger partial charge is 0.341 e. The van der Waals surface area contributed by atoms with Crippen molar-refractivity contribution in [1.82, 2.24) is 14.9 Å². The Labute approximate surface area is 127 Å². The minimum atomic E-state index is 0.445. The van der Waals surface area contributed by atoms with E-state index in [1.807, 2.05) is 0 Å². The van der Waals surface area contributed by atoms with Crippen LogP contribution in [0.15, 0.2) is 18.2 Å². The van der Waals surface area contributed by atoms with E-state index < -0.39 is 0 Å². The van der Waals surface area contributed by atoms with Gasteiger partial charge in [-0.25, -0.2) is 4.98 Å². The number of fused-ring (bicyclic) bond motifs is 1. The molecule has 2 aromatic rings. The summed E-state index contributed by atoms with van der Waals surface area (Å²) in [4.78, 5) is 11.1. The molecule has 0 aliphatic carbocycles. The third-order valence-corrected chi connectivity index (χ3v) is 4.76. The Balaban J connectivity index is 1.88. The number of aryl methyl sites for hydroxylation is 1. The summed E-state index contributed by atoms with van der Waals surface area (Å²) < 4.78 is 0. The van der Waals surface area contributed by atoms with Crippen LogP contribution in [0.5, 0.6) is 0 Å². The van der Waals surface area contributed by atoms with Gasteiger partial charge in [-0.1, -0.05) is 32.8 Å². The van der Waals surface area contributed by atoms with Gasteiger partial charge in [0.05, 0.1) is 17.1 Å². The highest BCUT2D eigenvalue weighted by Crippen LogP contribution is 2.27. The van der Waals surface area contributed by atoms with Gasteiger partial charge in [0.15, 0.2) is 0 Å². The summed E-state index contributed by atoms with van der Waals surface area (Å²) in [5.41, 5.74) is 3.67. The molecule has 1 aliphatic heterocycles. The lowest BCUT2D eigenvalue weighted by Gasteiger charge is -2.28. The zero-order valence-corrected chi connectivity index (χ0v) is 13.4. The van der Waals surface area contributed by atoms with Crippen LogP contribution < -0.4 is 0 Å². The van der Waals surface area contributed by atoms with Gasteiger partial charge in [0.2, 0.25) is 0 Å². The fourth-order valence-corrected chi connectivity index (χ4v) is 3.49. The molecule has 3 nitrogen and oxygen atoms in total. The predicted octanol–water partition coefficient (Wildman–Crippen LogP) is 4.45. The summed E-state index contributed by atoms with van der Waals surface area (Å²) in [6.07, 6.45) is 7.63. The standard InChI is InChI=1S/C18H27N3/c1-3-14-9-10-15-16(13-14)20-18(19-15)17(4-2)21-11-7-5-6-8-12-21/h9-10,13,17H,3-8,11-12H2,1-2H3,(H,19,20). The Morgan fingerprint density at radius 2 is 1.90 bits per heavy atom. The molecule has 21 heavy (non-hydrogen) atoms. The van der Waals surface area contributed by atoms with E-state index in [2.05, 4.69) is 41.9 Å². The molecule has 1 unspecified atom stereocenters. The number of hydrogen-bond acceptors (Lipinski definition) is 2. The van der Waals surface area contributed by atoms with Crippen LogP contribution in [0.1, 0.15) is 63.4 Å². The van der Waals surface area contributed by atoms with E-state index in [9.17, 15) is 0 Å². The fourth-order valence-electron chi connectivity index (χ4n) is 3.49. The number of rotatable bonds is 4. The van der Waals surface area contributed by atoms with Gasteiger partial charge in [0.25, 0.3) is 0 Å². The van der Waals surface area contributed by atoms with E-state index in [-0.39, 0.29) is 0 Å². The lowest BCUT2D eigenvalue weighted by Crippen LogP contribution is -2.30. The van der Waals surface area contributed by atoms with Crippen molar-refractivity contribution < 1.29 is 0 Å². The van der Waals surface area contributed by atoms with Crippen LogP contribution in [-0.2, 0) is 6.42 Å². The van der Waals surface area contributed by atoms with Gasteiger partial charge in [0, 0.05) is 0 Å². The highest BCUT2D eigenvalue weighted by atomic mass is 15.2. The topological polar surface area (TPSA) is 31.9 Å². The first-order valence-corrected chi connectivity index (χ1v) is 8.54. The Bertz CT molecular complexity index is 579. The second-order valence-corrected chi connectivity index (χ2v) is 6.20. The quantitative estimate of drug-likeness (QED) is 0.900. The van der Waals surface area contributed by atoms with Crippen molar-refractivity contribution in [3.05, 3.63) is 29.6 Å². The summed E-state index contributed by atoms with van der Waals surface area (Å²) in [6.45, 7) is 6.91. The zero-order valence-electron chi connectivity index (χ0n) is 13.4. The summed E-state index contributed by atoms with van der Waals surface area (Å²) in [7, 11) is 0. The maximum absolute atomic E-state index is 4.87. The molecule has 0 radical (unpaired) electrons. The molecular formula is C18H27N3. The van der Waals surface area contributed by atoms with Gasteiger partial charge >= 0.3 is 0 Å². The first-order valence-electron chi connectivity index (χ1n) is 8.54.